The first-order chi connectivity index (χ1) is 12.3. The van der Waals surface area contributed by atoms with Gasteiger partial charge < -0.3 is 20.7 Å². The molecule has 1 aliphatic rings. The minimum absolute atomic E-state index is 0.0132. The number of carbonyl (C=O) groups excluding carboxylic acids is 2. The molecule has 2 unspecified atom stereocenters. The summed E-state index contributed by atoms with van der Waals surface area (Å²) < 4.78 is 5.15. The number of carbonyl (C=O) groups is 2. The molecule has 1 fully saturated rings. The molecule has 26 heavy (non-hydrogen) atoms. The molecule has 3 N–H and O–H groups in total. The standard InChI is InChI=1S/C20H31N3O3/c1-14(2)10-20(3,13-21)22-19(25)16-9-18(24)23(12-16)11-15-5-7-17(26-4)8-6-15/h5-8,14,16H,9-13,21H2,1-4H3,(H,22,25). The van der Waals surface area contributed by atoms with Crippen LogP contribution in [0.2, 0.25) is 0 Å². The van der Waals surface area contributed by atoms with Gasteiger partial charge in [-0.1, -0.05) is 26.0 Å². The second kappa shape index (κ2) is 8.54. The molecule has 1 aromatic carbocycles. The van der Waals surface area contributed by atoms with Crippen molar-refractivity contribution < 1.29 is 14.3 Å². The van der Waals surface area contributed by atoms with Crippen molar-refractivity contribution in [2.75, 3.05) is 20.2 Å². The van der Waals surface area contributed by atoms with E-state index in [-0.39, 0.29) is 24.2 Å². The Labute approximate surface area is 156 Å². The topological polar surface area (TPSA) is 84.7 Å². The zero-order valence-electron chi connectivity index (χ0n) is 16.2. The first-order valence-corrected chi connectivity index (χ1v) is 9.19. The van der Waals surface area contributed by atoms with E-state index in [1.165, 1.54) is 0 Å². The minimum Gasteiger partial charge on any atom is -0.497 e. The highest BCUT2D eigenvalue weighted by Crippen LogP contribution is 2.23. The Balaban J connectivity index is 1.96. The molecule has 0 spiro atoms. The largest absolute Gasteiger partial charge is 0.497 e. The Kier molecular flexibility index (Phi) is 6.64. The number of rotatable bonds is 8. The number of benzene rings is 1. The molecule has 6 heteroatoms. The Hall–Kier alpha value is -2.08. The number of likely N-dealkylation sites (tertiary alicyclic amines) is 1. The van der Waals surface area contributed by atoms with E-state index in [9.17, 15) is 9.59 Å². The van der Waals surface area contributed by atoms with E-state index in [1.807, 2.05) is 31.2 Å². The number of hydrogen-bond acceptors (Lipinski definition) is 4. The second-order valence-corrected chi connectivity index (χ2v) is 7.88. The highest BCUT2D eigenvalue weighted by Gasteiger charge is 2.37. The highest BCUT2D eigenvalue weighted by molar-refractivity contribution is 5.89. The van der Waals surface area contributed by atoms with Crippen LogP contribution >= 0.6 is 0 Å². The summed E-state index contributed by atoms with van der Waals surface area (Å²) in [6.45, 7) is 7.52. The van der Waals surface area contributed by atoms with E-state index in [4.69, 9.17) is 10.5 Å². The number of ether oxygens (including phenoxy) is 1. The molecule has 1 heterocycles. The third-order valence-corrected chi connectivity index (χ3v) is 4.85. The van der Waals surface area contributed by atoms with Gasteiger partial charge in [0.2, 0.25) is 11.8 Å². The average molecular weight is 361 g/mol. The zero-order chi connectivity index (χ0) is 19.3. The van der Waals surface area contributed by atoms with Gasteiger partial charge in [0.15, 0.2) is 0 Å². The number of methoxy groups -OCH3 is 1. The van der Waals surface area contributed by atoms with Crippen LogP contribution in [0.25, 0.3) is 0 Å². The fourth-order valence-electron chi connectivity index (χ4n) is 3.54. The van der Waals surface area contributed by atoms with Crippen LogP contribution in [-0.2, 0) is 16.1 Å². The third-order valence-electron chi connectivity index (χ3n) is 4.85. The lowest BCUT2D eigenvalue weighted by Crippen LogP contribution is -2.54. The maximum Gasteiger partial charge on any atom is 0.225 e. The molecule has 0 saturated carbocycles. The summed E-state index contributed by atoms with van der Waals surface area (Å²) in [6.07, 6.45) is 1.07. The highest BCUT2D eigenvalue weighted by atomic mass is 16.5. The summed E-state index contributed by atoms with van der Waals surface area (Å²) in [5, 5.41) is 3.08. The Bertz CT molecular complexity index is 630. The van der Waals surface area contributed by atoms with Crippen LogP contribution in [-0.4, -0.2) is 42.5 Å². The van der Waals surface area contributed by atoms with Crippen molar-refractivity contribution in [2.45, 2.75) is 45.7 Å². The van der Waals surface area contributed by atoms with Crippen LogP contribution in [0.1, 0.15) is 39.2 Å². The van der Waals surface area contributed by atoms with E-state index < -0.39 is 5.54 Å². The number of amides is 2. The minimum atomic E-state index is -0.433. The van der Waals surface area contributed by atoms with E-state index in [0.29, 0.717) is 25.6 Å². The summed E-state index contributed by atoms with van der Waals surface area (Å²) in [5.74, 6) is 0.827. The van der Waals surface area contributed by atoms with Crippen molar-refractivity contribution in [3.8, 4) is 5.75 Å². The molecule has 6 nitrogen and oxygen atoms in total. The van der Waals surface area contributed by atoms with Gasteiger partial charge in [0.25, 0.3) is 0 Å². The molecule has 1 saturated heterocycles. The van der Waals surface area contributed by atoms with E-state index in [1.54, 1.807) is 12.0 Å². The second-order valence-electron chi connectivity index (χ2n) is 7.88. The van der Waals surface area contributed by atoms with Crippen LogP contribution < -0.4 is 15.8 Å². The molecule has 0 radical (unpaired) electrons. The van der Waals surface area contributed by atoms with E-state index >= 15 is 0 Å². The lowest BCUT2D eigenvalue weighted by molar-refractivity contribution is -0.129. The van der Waals surface area contributed by atoms with Gasteiger partial charge in [0.1, 0.15) is 5.75 Å². The molecular formula is C20H31N3O3. The Morgan fingerprint density at radius 2 is 2.04 bits per heavy atom. The summed E-state index contributed by atoms with van der Waals surface area (Å²) in [7, 11) is 1.62. The fraction of sp³-hybridized carbons (Fsp3) is 0.600. The van der Waals surface area contributed by atoms with Crippen LogP contribution in [0.3, 0.4) is 0 Å². The average Bonchev–Trinajstić information content (AvgIpc) is 2.96. The SMILES string of the molecule is COc1ccc(CN2CC(C(=O)NC(C)(CN)CC(C)C)CC2=O)cc1. The van der Waals surface area contributed by atoms with Gasteiger partial charge in [-0.15, -0.1) is 0 Å². The summed E-state index contributed by atoms with van der Waals surface area (Å²) in [5.41, 5.74) is 6.47. The lowest BCUT2D eigenvalue weighted by Gasteiger charge is -2.32. The quantitative estimate of drug-likeness (QED) is 0.741. The van der Waals surface area contributed by atoms with Gasteiger partial charge in [0, 0.05) is 31.6 Å². The van der Waals surface area contributed by atoms with Crippen molar-refractivity contribution in [1.29, 1.82) is 0 Å². The molecule has 1 aliphatic heterocycles. The molecule has 144 valence electrons. The molecular weight excluding hydrogens is 330 g/mol. The predicted octanol–water partition coefficient (Wildman–Crippen LogP) is 1.92. The van der Waals surface area contributed by atoms with Crippen LogP contribution in [0, 0.1) is 11.8 Å². The number of nitrogens with zero attached hydrogens (tertiary/aromatic N) is 1. The monoisotopic (exact) mass is 361 g/mol. The van der Waals surface area contributed by atoms with E-state index in [0.717, 1.165) is 17.7 Å². The molecule has 0 bridgehead atoms. The van der Waals surface area contributed by atoms with Gasteiger partial charge >= 0.3 is 0 Å². The van der Waals surface area contributed by atoms with Crippen molar-refractivity contribution in [3.63, 3.8) is 0 Å². The zero-order valence-corrected chi connectivity index (χ0v) is 16.2. The molecule has 2 rings (SSSR count). The third kappa shape index (κ3) is 5.21. The molecule has 0 aromatic heterocycles. The summed E-state index contributed by atoms with van der Waals surface area (Å²) in [4.78, 5) is 26.7. The van der Waals surface area contributed by atoms with Crippen LogP contribution in [0.5, 0.6) is 5.75 Å². The predicted molar refractivity (Wildman–Crippen MR) is 102 cm³/mol. The van der Waals surface area contributed by atoms with Crippen molar-refractivity contribution >= 4 is 11.8 Å². The van der Waals surface area contributed by atoms with Gasteiger partial charge in [-0.05, 0) is 37.0 Å². The summed E-state index contributed by atoms with van der Waals surface area (Å²) >= 11 is 0. The number of nitrogens with two attached hydrogens (primary N) is 1. The van der Waals surface area contributed by atoms with Gasteiger partial charge in [-0.3, -0.25) is 9.59 Å². The number of nitrogens with one attached hydrogen (secondary N) is 1. The van der Waals surface area contributed by atoms with Gasteiger partial charge in [-0.2, -0.15) is 0 Å². The first-order valence-electron chi connectivity index (χ1n) is 9.19. The molecule has 2 amide bonds. The van der Waals surface area contributed by atoms with Gasteiger partial charge in [0.05, 0.1) is 13.0 Å². The van der Waals surface area contributed by atoms with Crippen molar-refractivity contribution in [3.05, 3.63) is 29.8 Å². The Morgan fingerprint density at radius 3 is 2.58 bits per heavy atom. The van der Waals surface area contributed by atoms with Crippen LogP contribution in [0.4, 0.5) is 0 Å². The molecule has 2 atom stereocenters. The first kappa shape index (κ1) is 20.2. The smallest absolute Gasteiger partial charge is 0.225 e. The number of hydrogen-bond donors (Lipinski definition) is 2. The maximum absolute atomic E-state index is 12.7. The van der Waals surface area contributed by atoms with E-state index in [2.05, 4.69) is 19.2 Å². The summed E-state index contributed by atoms with van der Waals surface area (Å²) in [6, 6.07) is 7.62. The van der Waals surface area contributed by atoms with Crippen LogP contribution in [0.15, 0.2) is 24.3 Å². The van der Waals surface area contributed by atoms with Gasteiger partial charge in [-0.25, -0.2) is 0 Å². The van der Waals surface area contributed by atoms with Crippen molar-refractivity contribution in [2.24, 2.45) is 17.6 Å². The maximum atomic E-state index is 12.7. The fourth-order valence-corrected chi connectivity index (χ4v) is 3.54. The normalized spacial score (nSPS) is 19.5. The lowest BCUT2D eigenvalue weighted by atomic mass is 9.90. The molecule has 1 aromatic rings. The Morgan fingerprint density at radius 1 is 1.38 bits per heavy atom. The van der Waals surface area contributed by atoms with Crippen molar-refractivity contribution in [1.82, 2.24) is 10.2 Å². The molecule has 0 aliphatic carbocycles.